The van der Waals surface area contributed by atoms with E-state index in [4.69, 9.17) is 5.73 Å². The lowest BCUT2D eigenvalue weighted by molar-refractivity contribution is 0.138. The van der Waals surface area contributed by atoms with Crippen molar-refractivity contribution in [3.63, 3.8) is 0 Å². The van der Waals surface area contributed by atoms with Gasteiger partial charge in [0.25, 0.3) is 0 Å². The summed E-state index contributed by atoms with van der Waals surface area (Å²) in [6.07, 6.45) is 5.82. The summed E-state index contributed by atoms with van der Waals surface area (Å²) >= 11 is 0. The Hall–Kier alpha value is -1.01. The molecule has 1 heterocycles. The molecule has 1 aliphatic rings. The molecule has 1 aromatic heterocycles. The normalized spacial score (nSPS) is 24.7. The van der Waals surface area contributed by atoms with Crippen molar-refractivity contribution < 1.29 is 0 Å². The number of hydrogen-bond donors (Lipinski definition) is 1. The van der Waals surface area contributed by atoms with Crippen LogP contribution in [0.2, 0.25) is 0 Å². The molecule has 0 radical (unpaired) electrons. The highest BCUT2D eigenvalue weighted by Gasteiger charge is 2.24. The van der Waals surface area contributed by atoms with E-state index < -0.39 is 0 Å². The maximum absolute atomic E-state index is 5.97. The third-order valence-corrected chi connectivity index (χ3v) is 3.66. The van der Waals surface area contributed by atoms with Crippen LogP contribution >= 0.6 is 0 Å². The van der Waals surface area contributed by atoms with Gasteiger partial charge in [-0.1, -0.05) is 6.92 Å². The van der Waals surface area contributed by atoms with Crippen molar-refractivity contribution in [3.8, 4) is 0 Å². The Bertz CT molecular complexity index is 355. The van der Waals surface area contributed by atoms with E-state index in [9.17, 15) is 0 Å². The van der Waals surface area contributed by atoms with Gasteiger partial charge in [-0.15, -0.1) is 10.2 Å². The third-order valence-electron chi connectivity index (χ3n) is 3.66. The minimum Gasteiger partial charge on any atom is -0.328 e. The van der Waals surface area contributed by atoms with Crippen LogP contribution in [0, 0.1) is 0 Å². The molecule has 102 valence electrons. The fraction of sp³-hybridized carbons (Fsp3) is 0.917. The third kappa shape index (κ3) is 3.49. The number of nitrogens with zero attached hydrogens (tertiary/aromatic N) is 5. The molecule has 1 aliphatic carbocycles. The Morgan fingerprint density at radius 2 is 2.06 bits per heavy atom. The molecule has 2 N–H and O–H groups in total. The molecular weight excluding hydrogens is 228 g/mol. The number of nitrogens with two attached hydrogens (primary N) is 1. The Balaban J connectivity index is 1.94. The topological polar surface area (TPSA) is 72.9 Å². The van der Waals surface area contributed by atoms with Crippen LogP contribution < -0.4 is 5.73 Å². The summed E-state index contributed by atoms with van der Waals surface area (Å²) in [7, 11) is 1.81. The van der Waals surface area contributed by atoms with Crippen LogP contribution in [0.15, 0.2) is 0 Å². The predicted molar refractivity (Wildman–Crippen MR) is 69.7 cm³/mol. The number of aryl methyl sites for hydroxylation is 1. The van der Waals surface area contributed by atoms with Crippen molar-refractivity contribution in [2.24, 2.45) is 12.8 Å². The zero-order chi connectivity index (χ0) is 13.0. The average Bonchev–Trinajstić information content (AvgIpc) is 2.75. The van der Waals surface area contributed by atoms with E-state index >= 15 is 0 Å². The van der Waals surface area contributed by atoms with Crippen molar-refractivity contribution in [3.05, 3.63) is 5.82 Å². The van der Waals surface area contributed by atoms with Gasteiger partial charge in [-0.2, -0.15) is 4.80 Å². The molecule has 1 aromatic rings. The number of rotatable bonds is 5. The van der Waals surface area contributed by atoms with Gasteiger partial charge in [0, 0.05) is 12.1 Å². The average molecular weight is 252 g/mol. The highest BCUT2D eigenvalue weighted by molar-refractivity contribution is 4.85. The minimum absolute atomic E-state index is 0.402. The van der Waals surface area contributed by atoms with E-state index in [1.807, 2.05) is 0 Å². The van der Waals surface area contributed by atoms with Crippen LogP contribution in [0.1, 0.15) is 44.9 Å². The van der Waals surface area contributed by atoms with Gasteiger partial charge in [0.2, 0.25) is 0 Å². The Morgan fingerprint density at radius 3 is 2.61 bits per heavy atom. The van der Waals surface area contributed by atoms with Crippen LogP contribution in [0.4, 0.5) is 0 Å². The first kappa shape index (κ1) is 13.4. The molecule has 0 bridgehead atoms. The van der Waals surface area contributed by atoms with Crippen LogP contribution in [-0.4, -0.2) is 43.7 Å². The van der Waals surface area contributed by atoms with Gasteiger partial charge in [0.1, 0.15) is 0 Å². The molecule has 2 rings (SSSR count). The van der Waals surface area contributed by atoms with Crippen molar-refractivity contribution in [2.75, 3.05) is 6.54 Å². The number of hydrogen-bond acceptors (Lipinski definition) is 5. The quantitative estimate of drug-likeness (QED) is 0.834. The second-order valence-electron chi connectivity index (χ2n) is 5.23. The SMILES string of the molecule is CCCN(Cc1nnn(C)n1)C1CCC(N)CC1. The Labute approximate surface area is 109 Å². The Morgan fingerprint density at radius 1 is 1.33 bits per heavy atom. The fourth-order valence-electron chi connectivity index (χ4n) is 2.71. The highest BCUT2D eigenvalue weighted by atomic mass is 15.6. The summed E-state index contributed by atoms with van der Waals surface area (Å²) < 4.78 is 0. The zero-order valence-corrected chi connectivity index (χ0v) is 11.4. The van der Waals surface area contributed by atoms with E-state index in [1.54, 1.807) is 7.05 Å². The van der Waals surface area contributed by atoms with E-state index in [-0.39, 0.29) is 0 Å². The molecule has 6 heteroatoms. The van der Waals surface area contributed by atoms with Crippen LogP contribution in [0.25, 0.3) is 0 Å². The van der Waals surface area contributed by atoms with Crippen molar-refractivity contribution >= 4 is 0 Å². The summed E-state index contributed by atoms with van der Waals surface area (Å²) in [6.45, 7) is 4.12. The first-order valence-electron chi connectivity index (χ1n) is 6.91. The lowest BCUT2D eigenvalue weighted by Crippen LogP contribution is -2.41. The van der Waals surface area contributed by atoms with E-state index in [0.29, 0.717) is 12.1 Å². The molecule has 1 fully saturated rings. The lowest BCUT2D eigenvalue weighted by atomic mass is 9.90. The molecule has 0 saturated heterocycles. The summed E-state index contributed by atoms with van der Waals surface area (Å²) in [5.41, 5.74) is 5.97. The molecule has 1 saturated carbocycles. The highest BCUT2D eigenvalue weighted by Crippen LogP contribution is 2.23. The van der Waals surface area contributed by atoms with E-state index in [0.717, 1.165) is 38.2 Å². The van der Waals surface area contributed by atoms with Gasteiger partial charge in [-0.25, -0.2) is 0 Å². The molecule has 0 aromatic carbocycles. The molecule has 18 heavy (non-hydrogen) atoms. The minimum atomic E-state index is 0.402. The monoisotopic (exact) mass is 252 g/mol. The van der Waals surface area contributed by atoms with Gasteiger partial charge in [0.15, 0.2) is 5.82 Å². The van der Waals surface area contributed by atoms with E-state index in [2.05, 4.69) is 27.2 Å². The zero-order valence-electron chi connectivity index (χ0n) is 11.4. The van der Waals surface area contributed by atoms with Crippen molar-refractivity contribution in [1.82, 2.24) is 25.1 Å². The second kappa shape index (κ2) is 6.24. The van der Waals surface area contributed by atoms with E-state index in [1.165, 1.54) is 17.6 Å². The second-order valence-corrected chi connectivity index (χ2v) is 5.23. The maximum atomic E-state index is 5.97. The molecule has 6 nitrogen and oxygen atoms in total. The van der Waals surface area contributed by atoms with Gasteiger partial charge >= 0.3 is 0 Å². The van der Waals surface area contributed by atoms with Gasteiger partial charge in [-0.05, 0) is 43.9 Å². The van der Waals surface area contributed by atoms with Crippen LogP contribution in [-0.2, 0) is 13.6 Å². The molecule has 0 atom stereocenters. The van der Waals surface area contributed by atoms with Crippen LogP contribution in [0.3, 0.4) is 0 Å². The van der Waals surface area contributed by atoms with Gasteiger partial charge in [-0.3, -0.25) is 4.90 Å². The first-order chi connectivity index (χ1) is 8.69. The molecule has 0 unspecified atom stereocenters. The summed E-state index contributed by atoms with van der Waals surface area (Å²) in [6, 6.07) is 1.04. The summed E-state index contributed by atoms with van der Waals surface area (Å²) in [4.78, 5) is 4.01. The summed E-state index contributed by atoms with van der Waals surface area (Å²) in [5.74, 6) is 0.820. The molecular formula is C12H24N6. The molecule has 0 aliphatic heterocycles. The number of tetrazole rings is 1. The van der Waals surface area contributed by atoms with Crippen molar-refractivity contribution in [2.45, 2.75) is 57.7 Å². The maximum Gasteiger partial charge on any atom is 0.188 e. The summed E-state index contributed by atoms with van der Waals surface area (Å²) in [5, 5.41) is 12.2. The van der Waals surface area contributed by atoms with Gasteiger partial charge < -0.3 is 5.73 Å². The number of aromatic nitrogens is 4. The predicted octanol–water partition coefficient (Wildman–Crippen LogP) is 0.692. The van der Waals surface area contributed by atoms with Crippen molar-refractivity contribution in [1.29, 1.82) is 0 Å². The lowest BCUT2D eigenvalue weighted by Gasteiger charge is -2.35. The van der Waals surface area contributed by atoms with Gasteiger partial charge in [0.05, 0.1) is 13.6 Å². The molecule has 0 amide bonds. The standard InChI is InChI=1S/C12H24N6/c1-3-8-18(9-12-14-16-17(2)15-12)11-6-4-10(13)5-7-11/h10-11H,3-9,13H2,1-2H3. The largest absolute Gasteiger partial charge is 0.328 e. The fourth-order valence-corrected chi connectivity index (χ4v) is 2.71. The Kier molecular flexibility index (Phi) is 4.66. The first-order valence-corrected chi connectivity index (χ1v) is 6.91. The van der Waals surface area contributed by atoms with Crippen LogP contribution in [0.5, 0.6) is 0 Å². The molecule has 0 spiro atoms. The smallest absolute Gasteiger partial charge is 0.188 e.